The molecule has 2 rings (SSSR count). The number of halogens is 1. The van der Waals surface area contributed by atoms with E-state index in [9.17, 15) is 9.18 Å². The van der Waals surface area contributed by atoms with Crippen molar-refractivity contribution in [3.05, 3.63) is 29.6 Å². The molecule has 1 amide bonds. The summed E-state index contributed by atoms with van der Waals surface area (Å²) in [7, 11) is 1.58. The average Bonchev–Trinajstić information content (AvgIpc) is 2.54. The van der Waals surface area contributed by atoms with Gasteiger partial charge < -0.3 is 15.4 Å². The molecule has 1 aromatic rings. The van der Waals surface area contributed by atoms with Crippen LogP contribution in [-0.4, -0.2) is 55.0 Å². The molecule has 5 nitrogen and oxygen atoms in total. The topological polar surface area (TPSA) is 58.8 Å². The zero-order chi connectivity index (χ0) is 16.1. The van der Waals surface area contributed by atoms with E-state index in [0.29, 0.717) is 31.8 Å². The summed E-state index contributed by atoms with van der Waals surface area (Å²) in [6.45, 7) is 5.34. The van der Waals surface area contributed by atoms with Crippen LogP contribution >= 0.6 is 0 Å². The molecular weight excluding hydrogens is 285 g/mol. The van der Waals surface area contributed by atoms with Gasteiger partial charge in [0.05, 0.1) is 13.2 Å². The van der Waals surface area contributed by atoms with Gasteiger partial charge >= 0.3 is 0 Å². The molecule has 1 saturated heterocycles. The third-order valence-corrected chi connectivity index (χ3v) is 4.08. The molecule has 2 N–H and O–H groups in total. The molecule has 1 atom stereocenters. The van der Waals surface area contributed by atoms with E-state index in [1.807, 2.05) is 11.8 Å². The van der Waals surface area contributed by atoms with Gasteiger partial charge in [0, 0.05) is 38.3 Å². The van der Waals surface area contributed by atoms with E-state index in [2.05, 4.69) is 4.90 Å². The molecule has 0 unspecified atom stereocenters. The number of piperazine rings is 1. The predicted molar refractivity (Wildman–Crippen MR) is 83.1 cm³/mol. The van der Waals surface area contributed by atoms with E-state index in [4.69, 9.17) is 10.5 Å². The van der Waals surface area contributed by atoms with Gasteiger partial charge in [0.2, 0.25) is 5.91 Å². The van der Waals surface area contributed by atoms with Gasteiger partial charge in [-0.15, -0.1) is 0 Å². The average molecular weight is 309 g/mol. The van der Waals surface area contributed by atoms with Crippen LogP contribution in [-0.2, 0) is 11.3 Å². The zero-order valence-corrected chi connectivity index (χ0v) is 13.2. The molecule has 0 aromatic heterocycles. The van der Waals surface area contributed by atoms with E-state index < -0.39 is 6.04 Å². The monoisotopic (exact) mass is 309 g/mol. The molecule has 0 bridgehead atoms. The van der Waals surface area contributed by atoms with Crippen molar-refractivity contribution in [1.29, 1.82) is 0 Å². The number of benzene rings is 1. The summed E-state index contributed by atoms with van der Waals surface area (Å²) in [6, 6.07) is 4.13. The highest BCUT2D eigenvalue weighted by Gasteiger charge is 2.24. The fourth-order valence-corrected chi connectivity index (χ4v) is 2.65. The first-order chi connectivity index (χ1) is 10.5. The Labute approximate surface area is 130 Å². The summed E-state index contributed by atoms with van der Waals surface area (Å²) in [5.41, 5.74) is 6.62. The number of amides is 1. The summed E-state index contributed by atoms with van der Waals surface area (Å²) in [5.74, 6) is 0.442. The van der Waals surface area contributed by atoms with Gasteiger partial charge in [0.25, 0.3) is 0 Å². The van der Waals surface area contributed by atoms with Crippen LogP contribution in [0.3, 0.4) is 0 Å². The number of hydrogen-bond acceptors (Lipinski definition) is 4. The summed E-state index contributed by atoms with van der Waals surface area (Å²) >= 11 is 0. The van der Waals surface area contributed by atoms with E-state index in [0.717, 1.165) is 18.7 Å². The van der Waals surface area contributed by atoms with E-state index in [-0.39, 0.29) is 11.7 Å². The SMILES string of the molecule is CC[C@H](N)C(=O)N1CCN(Cc2cc(F)ccc2OC)CC1. The smallest absolute Gasteiger partial charge is 0.239 e. The third kappa shape index (κ3) is 3.96. The minimum atomic E-state index is -0.408. The first kappa shape index (κ1) is 16.7. The number of carbonyl (C=O) groups excluding carboxylic acids is 1. The maximum atomic E-state index is 13.4. The highest BCUT2D eigenvalue weighted by Crippen LogP contribution is 2.21. The lowest BCUT2D eigenvalue weighted by molar-refractivity contribution is -0.134. The Morgan fingerprint density at radius 2 is 2.05 bits per heavy atom. The van der Waals surface area contributed by atoms with Crippen molar-refractivity contribution >= 4 is 5.91 Å². The Bertz CT molecular complexity index is 516. The number of carbonyl (C=O) groups is 1. The van der Waals surface area contributed by atoms with Gasteiger partial charge in [-0.3, -0.25) is 9.69 Å². The number of nitrogens with two attached hydrogens (primary N) is 1. The number of ether oxygens (including phenoxy) is 1. The van der Waals surface area contributed by atoms with Crippen LogP contribution in [0.4, 0.5) is 4.39 Å². The molecule has 0 saturated carbocycles. The van der Waals surface area contributed by atoms with Crippen molar-refractivity contribution < 1.29 is 13.9 Å². The maximum absolute atomic E-state index is 13.4. The standard InChI is InChI=1S/C16H24FN3O2/c1-3-14(18)16(21)20-8-6-19(7-9-20)11-12-10-13(17)4-5-15(12)22-2/h4-5,10,14H,3,6-9,11,18H2,1-2H3/t14-/m0/s1. The number of methoxy groups -OCH3 is 1. The van der Waals surface area contributed by atoms with Gasteiger partial charge in [-0.05, 0) is 24.6 Å². The lowest BCUT2D eigenvalue weighted by atomic mass is 10.1. The Morgan fingerprint density at radius 3 is 2.64 bits per heavy atom. The zero-order valence-electron chi connectivity index (χ0n) is 13.2. The highest BCUT2D eigenvalue weighted by molar-refractivity contribution is 5.81. The summed E-state index contributed by atoms with van der Waals surface area (Å²) in [4.78, 5) is 16.1. The molecule has 1 heterocycles. The molecular formula is C16H24FN3O2. The molecule has 0 aliphatic carbocycles. The van der Waals surface area contributed by atoms with Crippen molar-refractivity contribution in [2.45, 2.75) is 25.9 Å². The maximum Gasteiger partial charge on any atom is 0.239 e. The van der Waals surface area contributed by atoms with Gasteiger partial charge in [-0.25, -0.2) is 4.39 Å². The van der Waals surface area contributed by atoms with Gasteiger partial charge in [0.15, 0.2) is 0 Å². The van der Waals surface area contributed by atoms with Crippen LogP contribution in [0, 0.1) is 5.82 Å². The number of nitrogens with zero attached hydrogens (tertiary/aromatic N) is 2. The molecule has 22 heavy (non-hydrogen) atoms. The molecule has 0 radical (unpaired) electrons. The normalized spacial score (nSPS) is 17.4. The minimum Gasteiger partial charge on any atom is -0.496 e. The predicted octanol–water partition coefficient (Wildman–Crippen LogP) is 1.22. The van der Waals surface area contributed by atoms with Crippen molar-refractivity contribution in [2.24, 2.45) is 5.73 Å². The van der Waals surface area contributed by atoms with E-state index in [1.165, 1.54) is 12.1 Å². The number of hydrogen-bond donors (Lipinski definition) is 1. The molecule has 1 fully saturated rings. The Morgan fingerprint density at radius 1 is 1.36 bits per heavy atom. The van der Waals surface area contributed by atoms with Crippen LogP contribution in [0.1, 0.15) is 18.9 Å². The second-order valence-corrected chi connectivity index (χ2v) is 5.57. The largest absolute Gasteiger partial charge is 0.496 e. The van der Waals surface area contributed by atoms with Crippen LogP contribution in [0.2, 0.25) is 0 Å². The van der Waals surface area contributed by atoms with Crippen molar-refractivity contribution in [2.75, 3.05) is 33.3 Å². The second-order valence-electron chi connectivity index (χ2n) is 5.57. The van der Waals surface area contributed by atoms with Crippen LogP contribution in [0.15, 0.2) is 18.2 Å². The lowest BCUT2D eigenvalue weighted by Crippen LogP contribution is -2.52. The third-order valence-electron chi connectivity index (χ3n) is 4.08. The molecule has 1 aliphatic rings. The summed E-state index contributed by atoms with van der Waals surface area (Å²) in [6.07, 6.45) is 0.652. The first-order valence-corrected chi connectivity index (χ1v) is 7.64. The molecule has 122 valence electrons. The molecule has 0 spiro atoms. The fourth-order valence-electron chi connectivity index (χ4n) is 2.65. The lowest BCUT2D eigenvalue weighted by Gasteiger charge is -2.36. The quantitative estimate of drug-likeness (QED) is 0.888. The van der Waals surface area contributed by atoms with E-state index >= 15 is 0 Å². The first-order valence-electron chi connectivity index (χ1n) is 7.64. The molecule has 1 aliphatic heterocycles. The molecule has 6 heteroatoms. The fraction of sp³-hybridized carbons (Fsp3) is 0.562. The van der Waals surface area contributed by atoms with Gasteiger partial charge in [0.1, 0.15) is 11.6 Å². The minimum absolute atomic E-state index is 0.0190. The Balaban J connectivity index is 1.93. The van der Waals surface area contributed by atoms with Crippen molar-refractivity contribution in [1.82, 2.24) is 9.80 Å². The van der Waals surface area contributed by atoms with E-state index in [1.54, 1.807) is 13.2 Å². The Kier molecular flexibility index (Phi) is 5.74. The van der Waals surface area contributed by atoms with Crippen molar-refractivity contribution in [3.63, 3.8) is 0 Å². The van der Waals surface area contributed by atoms with Crippen molar-refractivity contribution in [3.8, 4) is 5.75 Å². The Hall–Kier alpha value is -1.66. The summed E-state index contributed by atoms with van der Waals surface area (Å²) < 4.78 is 18.7. The summed E-state index contributed by atoms with van der Waals surface area (Å²) in [5, 5.41) is 0. The van der Waals surface area contributed by atoms with Crippen LogP contribution < -0.4 is 10.5 Å². The highest BCUT2D eigenvalue weighted by atomic mass is 19.1. The molecule has 1 aromatic carbocycles. The second kappa shape index (κ2) is 7.56. The van der Waals surface area contributed by atoms with Gasteiger partial charge in [-0.1, -0.05) is 6.92 Å². The van der Waals surface area contributed by atoms with Crippen LogP contribution in [0.25, 0.3) is 0 Å². The number of rotatable bonds is 5. The van der Waals surface area contributed by atoms with Gasteiger partial charge in [-0.2, -0.15) is 0 Å². The van der Waals surface area contributed by atoms with Crippen LogP contribution in [0.5, 0.6) is 5.75 Å².